The van der Waals surface area contributed by atoms with Gasteiger partial charge in [0.1, 0.15) is 0 Å². The first-order chi connectivity index (χ1) is 12.0. The number of hydrogen-bond acceptors (Lipinski definition) is 5. The van der Waals surface area contributed by atoms with Crippen molar-refractivity contribution >= 4 is 33.8 Å². The molecule has 130 valence electrons. The molecule has 1 aromatic carbocycles. The maximum atomic E-state index is 12.2. The number of nitrogens with one attached hydrogen (secondary N) is 1. The van der Waals surface area contributed by atoms with E-state index in [9.17, 15) is 19.7 Å². The Morgan fingerprint density at radius 1 is 1.32 bits per heavy atom. The van der Waals surface area contributed by atoms with Crippen molar-refractivity contribution in [3.05, 3.63) is 57.0 Å². The molecule has 1 fully saturated rings. The summed E-state index contributed by atoms with van der Waals surface area (Å²) in [6.07, 6.45) is 2.55. The van der Waals surface area contributed by atoms with Gasteiger partial charge in [-0.3, -0.25) is 19.7 Å². The Hall–Kier alpha value is -2.74. The van der Waals surface area contributed by atoms with Crippen LogP contribution in [-0.2, 0) is 11.3 Å². The van der Waals surface area contributed by atoms with Crippen LogP contribution in [0.4, 0.5) is 10.7 Å². The molecule has 1 N–H and O–H groups in total. The largest absolute Gasteiger partial charge is 0.338 e. The van der Waals surface area contributed by atoms with Gasteiger partial charge in [-0.1, -0.05) is 23.5 Å². The third kappa shape index (κ3) is 4.21. The molecule has 0 atom stereocenters. The summed E-state index contributed by atoms with van der Waals surface area (Å²) < 4.78 is 0. The summed E-state index contributed by atoms with van der Waals surface area (Å²) in [7, 11) is 0. The van der Waals surface area contributed by atoms with E-state index >= 15 is 0 Å². The number of benzene rings is 1. The number of carbonyl (C=O) groups is 2. The molecule has 2 amide bonds. The van der Waals surface area contributed by atoms with Crippen molar-refractivity contribution in [1.29, 1.82) is 0 Å². The van der Waals surface area contributed by atoms with Crippen molar-refractivity contribution in [2.75, 3.05) is 11.9 Å². The van der Waals surface area contributed by atoms with Crippen molar-refractivity contribution in [2.24, 2.45) is 0 Å². The summed E-state index contributed by atoms with van der Waals surface area (Å²) in [6, 6.07) is 8.55. The number of hydrogen-bond donors (Lipinski definition) is 1. The van der Waals surface area contributed by atoms with E-state index in [0.717, 1.165) is 36.3 Å². The SMILES string of the molecule is O=C(Nc1cccc(CN2CCCCC2=O)c1)c1csc([N+](=O)[O-])c1. The Bertz CT molecular complexity index is 818. The highest BCUT2D eigenvalue weighted by Crippen LogP contribution is 2.24. The standard InChI is InChI=1S/C17H17N3O4S/c21-15-6-1-2-7-19(15)10-12-4-3-5-14(8-12)18-17(22)13-9-16(20(23)24)25-11-13/h3-5,8-9,11H,1-2,6-7,10H2,(H,18,22). The molecular formula is C17H17N3O4S. The minimum Gasteiger partial charge on any atom is -0.338 e. The number of rotatable bonds is 5. The van der Waals surface area contributed by atoms with E-state index in [4.69, 9.17) is 0 Å². The highest BCUT2D eigenvalue weighted by molar-refractivity contribution is 7.13. The summed E-state index contributed by atoms with van der Waals surface area (Å²) >= 11 is 0.919. The van der Waals surface area contributed by atoms with Crippen molar-refractivity contribution < 1.29 is 14.5 Å². The second-order valence-corrected chi connectivity index (χ2v) is 6.75. The predicted molar refractivity (Wildman–Crippen MR) is 94.6 cm³/mol. The molecule has 2 heterocycles. The summed E-state index contributed by atoms with van der Waals surface area (Å²) in [5.74, 6) is -0.234. The quantitative estimate of drug-likeness (QED) is 0.654. The molecule has 0 unspecified atom stereocenters. The van der Waals surface area contributed by atoms with Gasteiger partial charge in [0.05, 0.1) is 10.5 Å². The average Bonchev–Trinajstić information content (AvgIpc) is 3.08. The molecule has 0 radical (unpaired) electrons. The van der Waals surface area contributed by atoms with Gasteiger partial charge in [0.15, 0.2) is 0 Å². The topological polar surface area (TPSA) is 92.6 Å². The van der Waals surface area contributed by atoms with Crippen molar-refractivity contribution in [2.45, 2.75) is 25.8 Å². The van der Waals surface area contributed by atoms with Crippen LogP contribution in [0.3, 0.4) is 0 Å². The van der Waals surface area contributed by atoms with Crippen molar-refractivity contribution in [1.82, 2.24) is 4.90 Å². The average molecular weight is 359 g/mol. The van der Waals surface area contributed by atoms with Gasteiger partial charge in [-0.2, -0.15) is 0 Å². The van der Waals surface area contributed by atoms with Crippen LogP contribution in [0, 0.1) is 10.1 Å². The summed E-state index contributed by atoms with van der Waals surface area (Å²) in [5, 5.41) is 14.8. The molecule has 0 saturated carbocycles. The zero-order valence-electron chi connectivity index (χ0n) is 13.4. The molecule has 2 aromatic rings. The molecular weight excluding hydrogens is 342 g/mol. The Kier molecular flexibility index (Phi) is 5.08. The molecule has 1 aromatic heterocycles. The summed E-state index contributed by atoms with van der Waals surface area (Å²) in [5.41, 5.74) is 1.79. The lowest BCUT2D eigenvalue weighted by molar-refractivity contribution is -0.380. The van der Waals surface area contributed by atoms with Gasteiger partial charge in [-0.15, -0.1) is 0 Å². The maximum absolute atomic E-state index is 12.2. The molecule has 3 rings (SSSR count). The number of nitro groups is 1. The fraction of sp³-hybridized carbons (Fsp3) is 0.294. The van der Waals surface area contributed by atoms with Gasteiger partial charge in [-0.25, -0.2) is 0 Å². The Balaban J connectivity index is 1.67. The fourth-order valence-electron chi connectivity index (χ4n) is 2.74. The maximum Gasteiger partial charge on any atom is 0.324 e. The van der Waals surface area contributed by atoms with Crippen molar-refractivity contribution in [3.8, 4) is 0 Å². The first-order valence-corrected chi connectivity index (χ1v) is 8.82. The second-order valence-electron chi connectivity index (χ2n) is 5.86. The lowest BCUT2D eigenvalue weighted by Crippen LogP contribution is -2.34. The summed E-state index contributed by atoms with van der Waals surface area (Å²) in [6.45, 7) is 1.28. The third-order valence-electron chi connectivity index (χ3n) is 4.01. The van der Waals surface area contributed by atoms with Crippen LogP contribution in [0.1, 0.15) is 35.2 Å². The molecule has 25 heavy (non-hydrogen) atoms. The number of nitrogens with zero attached hydrogens (tertiary/aromatic N) is 2. The first-order valence-electron chi connectivity index (χ1n) is 7.94. The molecule has 0 aliphatic carbocycles. The number of likely N-dealkylation sites (tertiary alicyclic amines) is 1. The van der Waals surface area contributed by atoms with Gasteiger partial charge in [0, 0.05) is 36.6 Å². The van der Waals surface area contributed by atoms with E-state index in [-0.39, 0.29) is 16.5 Å². The number of carbonyl (C=O) groups excluding carboxylic acids is 2. The normalized spacial score (nSPS) is 14.4. The van der Waals surface area contributed by atoms with Crippen LogP contribution in [-0.4, -0.2) is 28.2 Å². The number of piperidine rings is 1. The van der Waals surface area contributed by atoms with Crippen LogP contribution < -0.4 is 5.32 Å². The van der Waals surface area contributed by atoms with Crippen LogP contribution >= 0.6 is 11.3 Å². The number of anilines is 1. The molecule has 0 bridgehead atoms. The van der Waals surface area contributed by atoms with E-state index in [2.05, 4.69) is 5.32 Å². The van der Waals surface area contributed by atoms with Gasteiger partial charge < -0.3 is 10.2 Å². The van der Waals surface area contributed by atoms with Gasteiger partial charge in [0.25, 0.3) is 5.91 Å². The Morgan fingerprint density at radius 2 is 2.16 bits per heavy atom. The van der Waals surface area contributed by atoms with Crippen LogP contribution in [0.2, 0.25) is 0 Å². The highest BCUT2D eigenvalue weighted by Gasteiger charge is 2.18. The van der Waals surface area contributed by atoms with Crippen molar-refractivity contribution in [3.63, 3.8) is 0 Å². The molecule has 0 spiro atoms. The Labute approximate surface area is 148 Å². The minimum absolute atomic E-state index is 0.0671. The highest BCUT2D eigenvalue weighted by atomic mass is 32.1. The smallest absolute Gasteiger partial charge is 0.324 e. The van der Waals surface area contributed by atoms with Crippen LogP contribution in [0.15, 0.2) is 35.7 Å². The van der Waals surface area contributed by atoms with E-state index < -0.39 is 10.8 Å². The first kappa shape index (κ1) is 17.1. The monoisotopic (exact) mass is 359 g/mol. The van der Waals surface area contributed by atoms with E-state index in [0.29, 0.717) is 18.7 Å². The van der Waals surface area contributed by atoms with E-state index in [1.807, 2.05) is 23.1 Å². The van der Waals surface area contributed by atoms with E-state index in [1.165, 1.54) is 11.4 Å². The lowest BCUT2D eigenvalue weighted by Gasteiger charge is -2.26. The molecule has 1 saturated heterocycles. The molecule has 1 aliphatic heterocycles. The van der Waals surface area contributed by atoms with E-state index in [1.54, 1.807) is 6.07 Å². The van der Waals surface area contributed by atoms with Gasteiger partial charge >= 0.3 is 5.00 Å². The van der Waals surface area contributed by atoms with Gasteiger partial charge in [0.2, 0.25) is 5.91 Å². The number of amides is 2. The molecule has 7 nitrogen and oxygen atoms in total. The third-order valence-corrected chi connectivity index (χ3v) is 4.89. The molecule has 8 heteroatoms. The molecule has 1 aliphatic rings. The van der Waals surface area contributed by atoms with Crippen LogP contribution in [0.25, 0.3) is 0 Å². The fourth-order valence-corrected chi connectivity index (χ4v) is 3.44. The predicted octanol–water partition coefficient (Wildman–Crippen LogP) is 3.42. The minimum atomic E-state index is -0.516. The second kappa shape index (κ2) is 7.43. The zero-order valence-corrected chi connectivity index (χ0v) is 14.3. The zero-order chi connectivity index (χ0) is 17.8. The van der Waals surface area contributed by atoms with Gasteiger partial charge in [-0.05, 0) is 30.5 Å². The summed E-state index contributed by atoms with van der Waals surface area (Å²) in [4.78, 5) is 36.1. The lowest BCUT2D eigenvalue weighted by atomic mass is 10.1. The number of thiophene rings is 1. The van der Waals surface area contributed by atoms with Crippen LogP contribution in [0.5, 0.6) is 0 Å². The Morgan fingerprint density at radius 3 is 2.88 bits per heavy atom.